The normalized spacial score (nSPS) is 11.2. The Bertz CT molecular complexity index is 1300. The molecule has 0 saturated heterocycles. The number of pyridine rings is 1. The Kier molecular flexibility index (Phi) is 6.13. The predicted molar refractivity (Wildman–Crippen MR) is 121 cm³/mol. The molecule has 4 rings (SSSR count). The standard InChI is InChI=1S/C26H19F3N2O2/c1-33-24-15-5-3-11-20(24)23-14-7-13-22(31-23)17-8-6-9-18(16-17)30-25(32)19-10-2-4-12-21(19)26(27,28)29/h2-16H,1H3,(H,30,32). The number of para-hydroxylation sites is 1. The van der Waals surface area contributed by atoms with Gasteiger partial charge in [-0.15, -0.1) is 0 Å². The second-order valence-corrected chi connectivity index (χ2v) is 7.19. The van der Waals surface area contributed by atoms with Crippen molar-refractivity contribution in [1.29, 1.82) is 0 Å². The van der Waals surface area contributed by atoms with Crippen molar-refractivity contribution in [2.75, 3.05) is 12.4 Å². The summed E-state index contributed by atoms with van der Waals surface area (Å²) in [6.07, 6.45) is -4.63. The van der Waals surface area contributed by atoms with E-state index in [4.69, 9.17) is 9.72 Å². The lowest BCUT2D eigenvalue weighted by Crippen LogP contribution is -2.18. The number of halogens is 3. The molecular weight excluding hydrogens is 429 g/mol. The van der Waals surface area contributed by atoms with Gasteiger partial charge in [-0.05, 0) is 48.5 Å². The van der Waals surface area contributed by atoms with Gasteiger partial charge in [-0.1, -0.05) is 42.5 Å². The molecule has 1 heterocycles. The molecule has 0 aliphatic rings. The number of rotatable bonds is 5. The lowest BCUT2D eigenvalue weighted by molar-refractivity contribution is -0.137. The zero-order valence-corrected chi connectivity index (χ0v) is 17.6. The Balaban J connectivity index is 1.63. The summed E-state index contributed by atoms with van der Waals surface area (Å²) in [5.74, 6) is -0.151. The fraction of sp³-hybridized carbons (Fsp3) is 0.0769. The molecule has 7 heteroatoms. The molecule has 0 saturated carbocycles. The van der Waals surface area contributed by atoms with Crippen molar-refractivity contribution < 1.29 is 22.7 Å². The van der Waals surface area contributed by atoms with Gasteiger partial charge in [0.25, 0.3) is 5.91 Å². The van der Waals surface area contributed by atoms with Crippen molar-refractivity contribution in [3.05, 3.63) is 102 Å². The summed E-state index contributed by atoms with van der Waals surface area (Å²) in [7, 11) is 1.59. The molecule has 4 nitrogen and oxygen atoms in total. The molecule has 0 unspecified atom stereocenters. The molecule has 1 aromatic heterocycles. The van der Waals surface area contributed by atoms with Crippen LogP contribution in [0.5, 0.6) is 5.75 Å². The SMILES string of the molecule is COc1ccccc1-c1cccc(-c2cccc(NC(=O)c3ccccc3C(F)(F)F)c2)n1. The number of hydrogen-bond acceptors (Lipinski definition) is 3. The van der Waals surface area contributed by atoms with Crippen LogP contribution < -0.4 is 10.1 Å². The maximum Gasteiger partial charge on any atom is 0.417 e. The average molecular weight is 448 g/mol. The molecule has 0 atom stereocenters. The summed E-state index contributed by atoms with van der Waals surface area (Å²) in [5, 5.41) is 2.56. The number of hydrogen-bond donors (Lipinski definition) is 1. The number of carbonyl (C=O) groups is 1. The van der Waals surface area contributed by atoms with Gasteiger partial charge in [0.1, 0.15) is 5.75 Å². The van der Waals surface area contributed by atoms with E-state index in [2.05, 4.69) is 5.32 Å². The molecule has 1 N–H and O–H groups in total. The van der Waals surface area contributed by atoms with E-state index in [0.29, 0.717) is 28.4 Å². The Morgan fingerprint density at radius 1 is 0.848 bits per heavy atom. The lowest BCUT2D eigenvalue weighted by Gasteiger charge is -2.13. The largest absolute Gasteiger partial charge is 0.496 e. The van der Waals surface area contributed by atoms with E-state index in [1.165, 1.54) is 12.1 Å². The second-order valence-electron chi connectivity index (χ2n) is 7.19. The van der Waals surface area contributed by atoms with Gasteiger partial charge in [-0.3, -0.25) is 4.79 Å². The molecule has 0 fully saturated rings. The summed E-state index contributed by atoms with van der Waals surface area (Å²) >= 11 is 0. The van der Waals surface area contributed by atoms with Crippen molar-refractivity contribution in [3.63, 3.8) is 0 Å². The molecule has 3 aromatic carbocycles. The average Bonchev–Trinajstić information content (AvgIpc) is 2.83. The van der Waals surface area contributed by atoms with Crippen molar-refractivity contribution in [2.45, 2.75) is 6.18 Å². The minimum Gasteiger partial charge on any atom is -0.496 e. The molecule has 1 amide bonds. The third-order valence-corrected chi connectivity index (χ3v) is 5.03. The highest BCUT2D eigenvalue weighted by molar-refractivity contribution is 6.05. The van der Waals surface area contributed by atoms with Crippen LogP contribution in [-0.4, -0.2) is 18.0 Å². The molecule has 166 valence electrons. The van der Waals surface area contributed by atoms with Crippen molar-refractivity contribution in [2.24, 2.45) is 0 Å². The minimum atomic E-state index is -4.63. The van der Waals surface area contributed by atoms with Crippen molar-refractivity contribution >= 4 is 11.6 Å². The van der Waals surface area contributed by atoms with E-state index < -0.39 is 23.2 Å². The van der Waals surface area contributed by atoms with Crippen LogP contribution >= 0.6 is 0 Å². The van der Waals surface area contributed by atoms with E-state index in [1.807, 2.05) is 48.5 Å². The fourth-order valence-electron chi connectivity index (χ4n) is 3.48. The number of carbonyl (C=O) groups excluding carboxylic acids is 1. The van der Waals surface area contributed by atoms with Crippen LogP contribution in [0.25, 0.3) is 22.5 Å². The van der Waals surface area contributed by atoms with Gasteiger partial charge >= 0.3 is 6.18 Å². The quantitative estimate of drug-likeness (QED) is 0.370. The van der Waals surface area contributed by atoms with Gasteiger partial charge in [-0.2, -0.15) is 13.2 Å². The summed E-state index contributed by atoms with van der Waals surface area (Å²) in [5.41, 5.74) is 1.82. The number of nitrogens with one attached hydrogen (secondary N) is 1. The van der Waals surface area contributed by atoms with Gasteiger partial charge < -0.3 is 10.1 Å². The molecular formula is C26H19F3N2O2. The minimum absolute atomic E-state index is 0.360. The van der Waals surface area contributed by atoms with Gasteiger partial charge in [0.2, 0.25) is 0 Å². The van der Waals surface area contributed by atoms with E-state index in [-0.39, 0.29) is 0 Å². The number of amides is 1. The van der Waals surface area contributed by atoms with Crippen LogP contribution in [0.2, 0.25) is 0 Å². The molecule has 0 radical (unpaired) electrons. The zero-order valence-electron chi connectivity index (χ0n) is 17.6. The third kappa shape index (κ3) is 4.87. The number of nitrogens with zero attached hydrogens (tertiary/aromatic N) is 1. The number of anilines is 1. The predicted octanol–water partition coefficient (Wildman–Crippen LogP) is 6.70. The highest BCUT2D eigenvalue weighted by Gasteiger charge is 2.34. The summed E-state index contributed by atoms with van der Waals surface area (Å²) in [6, 6.07) is 24.5. The fourth-order valence-corrected chi connectivity index (χ4v) is 3.48. The maximum atomic E-state index is 13.3. The summed E-state index contributed by atoms with van der Waals surface area (Å²) in [6.45, 7) is 0. The first-order chi connectivity index (χ1) is 15.9. The zero-order chi connectivity index (χ0) is 23.4. The smallest absolute Gasteiger partial charge is 0.417 e. The van der Waals surface area contributed by atoms with Crippen LogP contribution in [0, 0.1) is 0 Å². The highest BCUT2D eigenvalue weighted by atomic mass is 19.4. The van der Waals surface area contributed by atoms with E-state index in [0.717, 1.165) is 17.7 Å². The first kappa shape index (κ1) is 22.1. The number of alkyl halides is 3. The topological polar surface area (TPSA) is 51.2 Å². The van der Waals surface area contributed by atoms with E-state index in [1.54, 1.807) is 25.3 Å². The maximum absolute atomic E-state index is 13.3. The monoisotopic (exact) mass is 448 g/mol. The summed E-state index contributed by atoms with van der Waals surface area (Å²) in [4.78, 5) is 17.3. The third-order valence-electron chi connectivity index (χ3n) is 5.03. The number of methoxy groups -OCH3 is 1. The molecule has 0 spiro atoms. The lowest BCUT2D eigenvalue weighted by atomic mass is 10.1. The van der Waals surface area contributed by atoms with Gasteiger partial charge in [0.05, 0.1) is 29.6 Å². The Labute approximate surface area is 188 Å². The van der Waals surface area contributed by atoms with Crippen LogP contribution in [0.15, 0.2) is 91.0 Å². The number of aromatic nitrogens is 1. The van der Waals surface area contributed by atoms with Crippen LogP contribution in [0.4, 0.5) is 18.9 Å². The first-order valence-electron chi connectivity index (χ1n) is 10.1. The Morgan fingerprint density at radius 2 is 1.55 bits per heavy atom. The van der Waals surface area contributed by atoms with Crippen LogP contribution in [-0.2, 0) is 6.18 Å². The Morgan fingerprint density at radius 3 is 2.33 bits per heavy atom. The summed E-state index contributed by atoms with van der Waals surface area (Å²) < 4.78 is 45.2. The molecule has 0 aliphatic carbocycles. The molecule has 0 bridgehead atoms. The molecule has 0 aliphatic heterocycles. The van der Waals surface area contributed by atoms with Crippen LogP contribution in [0.1, 0.15) is 15.9 Å². The van der Waals surface area contributed by atoms with Gasteiger partial charge in [0.15, 0.2) is 0 Å². The highest BCUT2D eigenvalue weighted by Crippen LogP contribution is 2.33. The second kappa shape index (κ2) is 9.16. The first-order valence-corrected chi connectivity index (χ1v) is 10.1. The van der Waals surface area contributed by atoms with Crippen molar-refractivity contribution in [3.8, 4) is 28.3 Å². The van der Waals surface area contributed by atoms with E-state index in [9.17, 15) is 18.0 Å². The van der Waals surface area contributed by atoms with Gasteiger partial charge in [0, 0.05) is 16.8 Å². The molecule has 33 heavy (non-hydrogen) atoms. The van der Waals surface area contributed by atoms with Crippen molar-refractivity contribution in [1.82, 2.24) is 4.98 Å². The number of benzene rings is 3. The van der Waals surface area contributed by atoms with Crippen LogP contribution in [0.3, 0.4) is 0 Å². The van der Waals surface area contributed by atoms with Gasteiger partial charge in [-0.25, -0.2) is 4.98 Å². The number of ether oxygens (including phenoxy) is 1. The van der Waals surface area contributed by atoms with E-state index >= 15 is 0 Å². The Hall–Kier alpha value is -4.13. The molecule has 4 aromatic rings.